The van der Waals surface area contributed by atoms with Crippen LogP contribution >= 0.6 is 0 Å². The number of H-pyrrole nitrogens is 1. The summed E-state index contributed by atoms with van der Waals surface area (Å²) in [6.07, 6.45) is 3.14. The number of para-hydroxylation sites is 1. The SMILES string of the molecule is CCn1c(COC(=O)C2CCCN(C(=O)c3c[nH]c4ccccc34)C2)nc2cc(F)ccc21. The lowest BCUT2D eigenvalue weighted by Crippen LogP contribution is -2.42. The number of benzene rings is 2. The van der Waals surface area contributed by atoms with Gasteiger partial charge in [0, 0.05) is 42.8 Å². The number of nitrogens with one attached hydrogen (secondary N) is 1. The molecule has 8 heteroatoms. The Balaban J connectivity index is 1.27. The van der Waals surface area contributed by atoms with E-state index in [2.05, 4.69) is 9.97 Å². The maximum atomic E-state index is 13.6. The van der Waals surface area contributed by atoms with Gasteiger partial charge in [-0.15, -0.1) is 0 Å². The lowest BCUT2D eigenvalue weighted by atomic mass is 9.97. The third-order valence-electron chi connectivity index (χ3n) is 6.31. The summed E-state index contributed by atoms with van der Waals surface area (Å²) in [5.74, 6) is -0.583. The van der Waals surface area contributed by atoms with E-state index in [9.17, 15) is 14.0 Å². The fraction of sp³-hybridized carbons (Fsp3) is 0.320. The van der Waals surface area contributed by atoms with Gasteiger partial charge in [-0.05, 0) is 38.0 Å². The van der Waals surface area contributed by atoms with Gasteiger partial charge in [-0.1, -0.05) is 18.2 Å². The third-order valence-corrected chi connectivity index (χ3v) is 6.31. The number of aryl methyl sites for hydroxylation is 1. The number of esters is 1. The summed E-state index contributed by atoms with van der Waals surface area (Å²) in [7, 11) is 0. The zero-order chi connectivity index (χ0) is 22.9. The van der Waals surface area contributed by atoms with Crippen molar-refractivity contribution in [2.45, 2.75) is 32.9 Å². The van der Waals surface area contributed by atoms with Gasteiger partial charge in [-0.3, -0.25) is 9.59 Å². The van der Waals surface area contributed by atoms with Crippen LogP contribution in [0, 0.1) is 11.7 Å². The van der Waals surface area contributed by atoms with Crippen LogP contribution in [-0.2, 0) is 22.7 Å². The van der Waals surface area contributed by atoms with Gasteiger partial charge >= 0.3 is 5.97 Å². The van der Waals surface area contributed by atoms with Crippen LogP contribution < -0.4 is 0 Å². The van der Waals surface area contributed by atoms with Gasteiger partial charge in [0.15, 0.2) is 0 Å². The number of piperidine rings is 1. The van der Waals surface area contributed by atoms with Crippen molar-refractivity contribution in [1.29, 1.82) is 0 Å². The molecule has 4 aromatic rings. The number of nitrogens with zero attached hydrogens (tertiary/aromatic N) is 3. The number of carbonyl (C=O) groups is 2. The van der Waals surface area contributed by atoms with Crippen LogP contribution in [0.2, 0.25) is 0 Å². The zero-order valence-electron chi connectivity index (χ0n) is 18.4. The third kappa shape index (κ3) is 3.97. The molecule has 2 aromatic carbocycles. The van der Waals surface area contributed by atoms with E-state index in [4.69, 9.17) is 4.74 Å². The van der Waals surface area contributed by atoms with Gasteiger partial charge in [-0.2, -0.15) is 0 Å². The van der Waals surface area contributed by atoms with Crippen molar-refractivity contribution in [2.75, 3.05) is 13.1 Å². The lowest BCUT2D eigenvalue weighted by Gasteiger charge is -2.31. The Hall–Kier alpha value is -3.68. The summed E-state index contributed by atoms with van der Waals surface area (Å²) in [6.45, 7) is 3.54. The molecule has 1 unspecified atom stereocenters. The summed E-state index contributed by atoms with van der Waals surface area (Å²) in [6, 6.07) is 12.1. The summed E-state index contributed by atoms with van der Waals surface area (Å²) < 4.78 is 21.1. The quantitative estimate of drug-likeness (QED) is 0.463. The largest absolute Gasteiger partial charge is 0.457 e. The normalized spacial score (nSPS) is 16.4. The highest BCUT2D eigenvalue weighted by molar-refractivity contribution is 6.06. The van der Waals surface area contributed by atoms with Crippen molar-refractivity contribution >= 4 is 33.8 Å². The van der Waals surface area contributed by atoms with Crippen molar-refractivity contribution in [2.24, 2.45) is 5.92 Å². The standard InChI is InChI=1S/C25H25FN4O3/c1-2-30-22-10-9-17(26)12-21(22)28-23(30)15-33-25(32)16-6-5-11-29(14-16)24(31)19-13-27-20-8-4-3-7-18(19)20/h3-4,7-10,12-13,16,27H,2,5-6,11,14-15H2,1H3. The first-order valence-corrected chi connectivity index (χ1v) is 11.2. The van der Waals surface area contributed by atoms with Gasteiger partial charge in [0.05, 0.1) is 22.5 Å². The van der Waals surface area contributed by atoms with Crippen LogP contribution in [-0.4, -0.2) is 44.4 Å². The zero-order valence-corrected chi connectivity index (χ0v) is 18.4. The highest BCUT2D eigenvalue weighted by Crippen LogP contribution is 2.25. The van der Waals surface area contributed by atoms with E-state index in [1.54, 1.807) is 17.2 Å². The minimum atomic E-state index is -0.384. The smallest absolute Gasteiger partial charge is 0.311 e. The number of aromatic nitrogens is 3. The Morgan fingerprint density at radius 3 is 2.94 bits per heavy atom. The maximum Gasteiger partial charge on any atom is 0.311 e. The van der Waals surface area contributed by atoms with E-state index in [1.807, 2.05) is 35.8 Å². The average molecular weight is 448 g/mol. The van der Waals surface area contributed by atoms with E-state index in [0.29, 0.717) is 43.0 Å². The monoisotopic (exact) mass is 448 g/mol. The molecule has 3 heterocycles. The van der Waals surface area contributed by atoms with Crippen molar-refractivity contribution in [3.63, 3.8) is 0 Å². The fourth-order valence-electron chi connectivity index (χ4n) is 4.64. The maximum absolute atomic E-state index is 13.6. The number of halogens is 1. The van der Waals surface area contributed by atoms with Gasteiger partial charge in [0.2, 0.25) is 0 Å². The van der Waals surface area contributed by atoms with E-state index < -0.39 is 0 Å². The number of likely N-dealkylation sites (tertiary alicyclic amines) is 1. The Labute approximate surface area is 190 Å². The minimum absolute atomic E-state index is 0.00979. The predicted octanol–water partition coefficient (Wildman–Crippen LogP) is 4.27. The van der Waals surface area contributed by atoms with Crippen LogP contribution in [0.1, 0.15) is 35.9 Å². The molecular weight excluding hydrogens is 423 g/mol. The van der Waals surface area contributed by atoms with Crippen LogP contribution in [0.15, 0.2) is 48.7 Å². The Bertz CT molecular complexity index is 1340. The fourth-order valence-corrected chi connectivity index (χ4v) is 4.64. The number of carbonyl (C=O) groups excluding carboxylic acids is 2. The topological polar surface area (TPSA) is 80.2 Å². The number of ether oxygens (including phenoxy) is 1. The number of hydrogen-bond donors (Lipinski definition) is 1. The number of amides is 1. The van der Waals surface area contributed by atoms with E-state index in [-0.39, 0.29) is 30.2 Å². The van der Waals surface area contributed by atoms with Crippen molar-refractivity contribution in [1.82, 2.24) is 19.4 Å². The summed E-state index contributed by atoms with van der Waals surface area (Å²) >= 11 is 0. The molecule has 1 amide bonds. The summed E-state index contributed by atoms with van der Waals surface area (Å²) in [4.78, 5) is 35.3. The number of fused-ring (bicyclic) bond motifs is 2. The molecule has 170 valence electrons. The van der Waals surface area contributed by atoms with Gasteiger partial charge in [-0.25, -0.2) is 9.37 Å². The predicted molar refractivity (Wildman–Crippen MR) is 122 cm³/mol. The van der Waals surface area contributed by atoms with Gasteiger partial charge in [0.25, 0.3) is 5.91 Å². The molecule has 0 aliphatic carbocycles. The molecule has 1 saturated heterocycles. The number of hydrogen-bond acceptors (Lipinski definition) is 4. The first kappa shape index (κ1) is 21.2. The van der Waals surface area contributed by atoms with Gasteiger partial charge in [0.1, 0.15) is 18.2 Å². The molecule has 0 spiro atoms. The molecule has 33 heavy (non-hydrogen) atoms. The minimum Gasteiger partial charge on any atom is -0.457 e. The van der Waals surface area contributed by atoms with Crippen LogP contribution in [0.3, 0.4) is 0 Å². The molecule has 5 rings (SSSR count). The molecule has 7 nitrogen and oxygen atoms in total. The number of imidazole rings is 1. The molecule has 1 aliphatic heterocycles. The van der Waals surface area contributed by atoms with E-state index in [0.717, 1.165) is 22.8 Å². The lowest BCUT2D eigenvalue weighted by molar-refractivity contribution is -0.151. The van der Waals surface area contributed by atoms with E-state index >= 15 is 0 Å². The number of aromatic amines is 1. The molecular formula is C25H25FN4O3. The molecule has 1 N–H and O–H groups in total. The Morgan fingerprint density at radius 2 is 2.09 bits per heavy atom. The van der Waals surface area contributed by atoms with Gasteiger partial charge < -0.3 is 19.2 Å². The molecule has 0 bridgehead atoms. The van der Waals surface area contributed by atoms with Crippen LogP contribution in [0.25, 0.3) is 21.9 Å². The Kier molecular flexibility index (Phi) is 5.58. The molecule has 1 aliphatic rings. The first-order valence-electron chi connectivity index (χ1n) is 11.2. The second-order valence-corrected chi connectivity index (χ2v) is 8.35. The molecule has 2 aromatic heterocycles. The van der Waals surface area contributed by atoms with Crippen molar-refractivity contribution in [3.8, 4) is 0 Å². The summed E-state index contributed by atoms with van der Waals surface area (Å²) in [5.41, 5.74) is 2.87. The van der Waals surface area contributed by atoms with Crippen LogP contribution in [0.4, 0.5) is 4.39 Å². The molecule has 0 saturated carbocycles. The first-order chi connectivity index (χ1) is 16.0. The second-order valence-electron chi connectivity index (χ2n) is 8.35. The average Bonchev–Trinajstić information content (AvgIpc) is 3.42. The van der Waals surface area contributed by atoms with Crippen molar-refractivity contribution in [3.05, 3.63) is 65.9 Å². The summed E-state index contributed by atoms with van der Waals surface area (Å²) in [5, 5.41) is 0.877. The molecule has 1 atom stereocenters. The second kappa shape index (κ2) is 8.69. The molecule has 0 radical (unpaired) electrons. The molecule has 1 fully saturated rings. The van der Waals surface area contributed by atoms with E-state index in [1.165, 1.54) is 12.1 Å². The van der Waals surface area contributed by atoms with Crippen molar-refractivity contribution < 1.29 is 18.7 Å². The highest BCUT2D eigenvalue weighted by Gasteiger charge is 2.31. The highest BCUT2D eigenvalue weighted by atomic mass is 19.1. The Morgan fingerprint density at radius 1 is 1.24 bits per heavy atom. The van der Waals surface area contributed by atoms with Crippen LogP contribution in [0.5, 0.6) is 0 Å². The number of rotatable bonds is 5.